The molecule has 3 amide bonds. The van der Waals surface area contributed by atoms with Gasteiger partial charge in [0.2, 0.25) is 5.91 Å². The van der Waals surface area contributed by atoms with Crippen molar-refractivity contribution in [2.75, 3.05) is 6.61 Å². The average molecular weight is 539 g/mol. The van der Waals surface area contributed by atoms with E-state index in [2.05, 4.69) is 10.6 Å². The van der Waals surface area contributed by atoms with Gasteiger partial charge in [-0.25, -0.2) is 4.79 Å². The fourth-order valence-electron chi connectivity index (χ4n) is 4.60. The third-order valence-corrected chi connectivity index (χ3v) is 6.91. The smallest absolute Gasteiger partial charge is 0.376 e. The maximum absolute atomic E-state index is 13.6. The van der Waals surface area contributed by atoms with Crippen molar-refractivity contribution in [3.05, 3.63) is 74.6 Å². The van der Waals surface area contributed by atoms with E-state index in [0.29, 0.717) is 11.1 Å². The highest BCUT2D eigenvalue weighted by Crippen LogP contribution is 2.39. The molecule has 0 radical (unpaired) electrons. The molecule has 1 saturated carbocycles. The van der Waals surface area contributed by atoms with Gasteiger partial charge < -0.3 is 15.0 Å². The molecular formula is C25H26ClF3N4O4. The summed E-state index contributed by atoms with van der Waals surface area (Å²) in [6.07, 6.45) is -2.64. The Kier molecular flexibility index (Phi) is 8.33. The van der Waals surface area contributed by atoms with Gasteiger partial charge in [-0.3, -0.25) is 4.79 Å². The first-order valence-electron chi connectivity index (χ1n) is 11.8. The molecule has 2 aromatic carbocycles. The summed E-state index contributed by atoms with van der Waals surface area (Å²) in [5, 5.41) is 4.67. The second-order valence-corrected chi connectivity index (χ2v) is 9.75. The van der Waals surface area contributed by atoms with E-state index in [0.717, 1.165) is 24.5 Å². The highest BCUT2D eigenvalue weighted by molar-refractivity contribution is 6.31. The fraction of sp³-hybridized carbons (Fsp3) is 0.440. The lowest BCUT2D eigenvalue weighted by Gasteiger charge is -2.27. The second kappa shape index (κ2) is 11.5. The molecular weight excluding hydrogens is 513 g/mol. The van der Waals surface area contributed by atoms with Crippen LogP contribution in [0, 0.1) is 16.7 Å². The Morgan fingerprint density at radius 1 is 1.14 bits per heavy atom. The zero-order valence-electron chi connectivity index (χ0n) is 19.8. The van der Waals surface area contributed by atoms with Crippen molar-refractivity contribution >= 4 is 23.5 Å². The minimum absolute atomic E-state index is 0.0146. The molecule has 1 fully saturated rings. The van der Waals surface area contributed by atoms with E-state index in [1.807, 2.05) is 30.3 Å². The predicted octanol–water partition coefficient (Wildman–Crippen LogP) is 5.18. The quantitative estimate of drug-likeness (QED) is 0.321. The van der Waals surface area contributed by atoms with Crippen molar-refractivity contribution < 1.29 is 27.5 Å². The zero-order chi connectivity index (χ0) is 26.6. The number of alkyl halides is 3. The third-order valence-electron chi connectivity index (χ3n) is 6.60. The topological polar surface area (TPSA) is 100 Å². The summed E-state index contributed by atoms with van der Waals surface area (Å²) in [7, 11) is 0. The lowest BCUT2D eigenvalue weighted by atomic mass is 9.96. The zero-order valence-corrected chi connectivity index (χ0v) is 20.5. The van der Waals surface area contributed by atoms with Gasteiger partial charge in [-0.05, 0) is 54.0 Å². The summed E-state index contributed by atoms with van der Waals surface area (Å²) in [6, 6.07) is 10.5. The number of ether oxygens (including phenoxy) is 1. The molecule has 2 atom stereocenters. The van der Waals surface area contributed by atoms with Crippen molar-refractivity contribution in [1.82, 2.24) is 15.6 Å². The van der Waals surface area contributed by atoms with Crippen LogP contribution in [-0.4, -0.2) is 29.5 Å². The van der Waals surface area contributed by atoms with Crippen LogP contribution >= 0.6 is 11.6 Å². The Hall–Kier alpha value is -3.18. The number of carbonyl (C=O) groups is 2. The standard InChI is InChI=1S/C25H26ClF3N4O4/c26-21-9-18-12-33(11-17(18)8-20(21)25(27,28)29)23(34)19(14-37-13-15-4-2-1-3-5-15)10-22(16-6-7-16)30-24(35)31-32-36/h1-5,8-9,16,19,22H,6-7,10-14H2,(H2,30,31,35,36)/t19-,22?/m0/s1. The van der Waals surface area contributed by atoms with Crippen LogP contribution in [0.5, 0.6) is 0 Å². The number of carbonyl (C=O) groups excluding carboxylic acids is 2. The van der Waals surface area contributed by atoms with Gasteiger partial charge in [0, 0.05) is 19.1 Å². The first-order chi connectivity index (χ1) is 17.7. The van der Waals surface area contributed by atoms with E-state index in [1.54, 1.807) is 5.43 Å². The number of nitrogens with one attached hydrogen (secondary N) is 2. The molecule has 37 heavy (non-hydrogen) atoms. The number of nitrogens with zero attached hydrogens (tertiary/aromatic N) is 2. The maximum Gasteiger partial charge on any atom is 0.417 e. The molecule has 2 aliphatic rings. The Morgan fingerprint density at radius 2 is 1.81 bits per heavy atom. The van der Waals surface area contributed by atoms with Crippen molar-refractivity contribution in [2.45, 2.75) is 51.2 Å². The SMILES string of the molecule is O=NNC(=O)NC(C[C@@H](COCc1ccccc1)C(=O)N1Cc2cc(Cl)c(C(F)(F)F)cc2C1)C1CC1. The van der Waals surface area contributed by atoms with Crippen LogP contribution in [0.15, 0.2) is 47.8 Å². The van der Waals surface area contributed by atoms with Crippen LogP contribution in [0.3, 0.4) is 0 Å². The highest BCUT2D eigenvalue weighted by Gasteiger charge is 2.39. The van der Waals surface area contributed by atoms with Crippen molar-refractivity contribution in [1.29, 1.82) is 0 Å². The summed E-state index contributed by atoms with van der Waals surface area (Å²) in [5.74, 6) is -0.827. The molecule has 0 aromatic heterocycles. The molecule has 2 N–H and O–H groups in total. The lowest BCUT2D eigenvalue weighted by molar-refractivity contribution is -0.139. The molecule has 8 nitrogen and oxygen atoms in total. The van der Waals surface area contributed by atoms with E-state index in [1.165, 1.54) is 11.0 Å². The van der Waals surface area contributed by atoms with Gasteiger partial charge in [0.05, 0.1) is 35.0 Å². The Bertz CT molecular complexity index is 1140. The van der Waals surface area contributed by atoms with E-state index in [4.69, 9.17) is 16.3 Å². The first kappa shape index (κ1) is 26.9. The lowest BCUT2D eigenvalue weighted by Crippen LogP contribution is -2.45. The fourth-order valence-corrected chi connectivity index (χ4v) is 4.90. The summed E-state index contributed by atoms with van der Waals surface area (Å²) in [5.41, 5.74) is 2.74. The monoisotopic (exact) mass is 538 g/mol. The summed E-state index contributed by atoms with van der Waals surface area (Å²) >= 11 is 5.87. The molecule has 1 aliphatic heterocycles. The molecule has 2 aromatic rings. The molecule has 0 bridgehead atoms. The van der Waals surface area contributed by atoms with Crippen LogP contribution in [0.25, 0.3) is 0 Å². The van der Waals surface area contributed by atoms with Crippen LogP contribution in [-0.2, 0) is 35.4 Å². The van der Waals surface area contributed by atoms with Gasteiger partial charge in [-0.1, -0.05) is 41.9 Å². The number of urea groups is 1. The van der Waals surface area contributed by atoms with Crippen molar-refractivity contribution in [3.8, 4) is 0 Å². The third kappa shape index (κ3) is 6.98. The number of hydrogen-bond acceptors (Lipinski definition) is 5. The van der Waals surface area contributed by atoms with E-state index in [9.17, 15) is 27.7 Å². The number of nitroso groups, excluding NO2 is 1. The number of halogens is 4. The number of hydrogen-bond donors (Lipinski definition) is 2. The van der Waals surface area contributed by atoms with Crippen LogP contribution in [0.4, 0.5) is 18.0 Å². The number of amides is 3. The van der Waals surface area contributed by atoms with Gasteiger partial charge in [0.25, 0.3) is 0 Å². The Labute approximate surface area is 216 Å². The highest BCUT2D eigenvalue weighted by atomic mass is 35.5. The van der Waals surface area contributed by atoms with E-state index in [-0.39, 0.29) is 44.5 Å². The van der Waals surface area contributed by atoms with Crippen molar-refractivity contribution in [2.24, 2.45) is 17.1 Å². The molecule has 0 spiro atoms. The molecule has 1 heterocycles. The molecule has 0 saturated heterocycles. The summed E-state index contributed by atoms with van der Waals surface area (Å²) < 4.78 is 45.8. The Morgan fingerprint density at radius 3 is 2.43 bits per heavy atom. The van der Waals surface area contributed by atoms with Crippen LogP contribution in [0.2, 0.25) is 5.02 Å². The maximum atomic E-state index is 13.6. The normalized spacial score (nSPS) is 16.6. The van der Waals surface area contributed by atoms with Crippen LogP contribution < -0.4 is 10.7 Å². The van der Waals surface area contributed by atoms with Gasteiger partial charge in [-0.2, -0.15) is 18.6 Å². The van der Waals surface area contributed by atoms with Gasteiger partial charge in [0.15, 0.2) is 0 Å². The molecule has 4 rings (SSSR count). The molecule has 198 valence electrons. The summed E-state index contributed by atoms with van der Waals surface area (Å²) in [4.78, 5) is 37.4. The first-order valence-corrected chi connectivity index (χ1v) is 12.2. The minimum atomic E-state index is -4.60. The molecule has 12 heteroatoms. The number of rotatable bonds is 10. The predicted molar refractivity (Wildman–Crippen MR) is 129 cm³/mol. The molecule has 1 unspecified atom stereocenters. The Balaban J connectivity index is 1.49. The van der Waals surface area contributed by atoms with Crippen molar-refractivity contribution in [3.63, 3.8) is 0 Å². The van der Waals surface area contributed by atoms with E-state index < -0.39 is 34.8 Å². The second-order valence-electron chi connectivity index (χ2n) is 9.35. The van der Waals surface area contributed by atoms with Crippen LogP contribution in [0.1, 0.15) is 41.5 Å². The number of benzene rings is 2. The summed E-state index contributed by atoms with van der Waals surface area (Å²) in [6.45, 7) is 0.457. The van der Waals surface area contributed by atoms with Gasteiger partial charge in [0.1, 0.15) is 0 Å². The largest absolute Gasteiger partial charge is 0.417 e. The average Bonchev–Trinajstić information content (AvgIpc) is 3.61. The van der Waals surface area contributed by atoms with Gasteiger partial charge >= 0.3 is 12.2 Å². The van der Waals surface area contributed by atoms with E-state index >= 15 is 0 Å². The minimum Gasteiger partial charge on any atom is -0.376 e. The van der Waals surface area contributed by atoms with Gasteiger partial charge in [-0.15, -0.1) is 4.91 Å². The number of fused-ring (bicyclic) bond motifs is 1. The molecule has 1 aliphatic carbocycles.